The Morgan fingerprint density at radius 3 is 2.67 bits per heavy atom. The van der Waals surface area contributed by atoms with Crippen LogP contribution in [0, 0.1) is 0 Å². The van der Waals surface area contributed by atoms with Gasteiger partial charge >= 0.3 is 5.97 Å². The predicted molar refractivity (Wildman–Crippen MR) is 49.1 cm³/mol. The highest BCUT2D eigenvalue weighted by atomic mass is 16.4. The Morgan fingerprint density at radius 2 is 2.33 bits per heavy atom. The van der Waals surface area contributed by atoms with E-state index in [2.05, 4.69) is 11.9 Å². The third-order valence-corrected chi connectivity index (χ3v) is 2.11. The summed E-state index contributed by atoms with van der Waals surface area (Å²) in [7, 11) is 1.67. The van der Waals surface area contributed by atoms with Gasteiger partial charge in [0.15, 0.2) is 0 Å². The Kier molecular flexibility index (Phi) is 4.59. The Labute approximate surface area is 73.5 Å². The smallest absolute Gasteiger partial charge is 0.323 e. The van der Waals surface area contributed by atoms with E-state index in [4.69, 9.17) is 5.11 Å². The molecule has 0 aliphatic heterocycles. The first-order valence-corrected chi connectivity index (χ1v) is 4.10. The molecule has 0 aromatic carbocycles. The minimum Gasteiger partial charge on any atom is -0.480 e. The second kappa shape index (κ2) is 4.93. The van der Waals surface area contributed by atoms with Gasteiger partial charge in [0.25, 0.3) is 0 Å². The second-order valence-corrected chi connectivity index (χ2v) is 3.07. The van der Waals surface area contributed by atoms with Crippen molar-refractivity contribution >= 4 is 5.97 Å². The second-order valence-electron chi connectivity index (χ2n) is 3.07. The zero-order valence-corrected chi connectivity index (χ0v) is 7.76. The van der Waals surface area contributed by atoms with Crippen LogP contribution in [0.3, 0.4) is 0 Å². The highest BCUT2D eigenvalue weighted by Crippen LogP contribution is 2.13. The maximum absolute atomic E-state index is 10.8. The van der Waals surface area contributed by atoms with Crippen LogP contribution in [0.5, 0.6) is 0 Å². The predicted octanol–water partition coefficient (Wildman–Crippen LogP) is 1.41. The number of carboxylic acid groups (broad SMARTS) is 1. The maximum Gasteiger partial charge on any atom is 0.323 e. The number of unbranched alkanes of at least 4 members (excludes halogenated alkanes) is 1. The summed E-state index contributed by atoms with van der Waals surface area (Å²) in [5.41, 5.74) is -0.789. The quantitative estimate of drug-likeness (QED) is 0.469. The summed E-state index contributed by atoms with van der Waals surface area (Å²) in [6.07, 6.45) is 4.15. The highest BCUT2D eigenvalue weighted by molar-refractivity contribution is 5.78. The highest BCUT2D eigenvalue weighted by Gasteiger charge is 2.29. The first-order chi connectivity index (χ1) is 5.56. The fourth-order valence-electron chi connectivity index (χ4n) is 0.939. The van der Waals surface area contributed by atoms with E-state index in [9.17, 15) is 4.79 Å². The third-order valence-electron chi connectivity index (χ3n) is 2.11. The lowest BCUT2D eigenvalue weighted by Crippen LogP contribution is -2.47. The number of nitrogens with one attached hydrogen (secondary N) is 1. The fourth-order valence-corrected chi connectivity index (χ4v) is 0.939. The molecule has 0 aromatic heterocycles. The van der Waals surface area contributed by atoms with Gasteiger partial charge in [0, 0.05) is 0 Å². The zero-order chi connectivity index (χ0) is 9.61. The van der Waals surface area contributed by atoms with Gasteiger partial charge in [-0.2, -0.15) is 0 Å². The molecule has 0 aliphatic rings. The molecule has 0 unspecified atom stereocenters. The Morgan fingerprint density at radius 1 is 1.75 bits per heavy atom. The maximum atomic E-state index is 10.8. The molecule has 0 fully saturated rings. The Balaban J connectivity index is 3.96. The molecule has 0 aromatic rings. The molecule has 12 heavy (non-hydrogen) atoms. The third kappa shape index (κ3) is 3.05. The SMILES string of the molecule is C=CCCC[C@](C)(NC)C(=O)O. The van der Waals surface area contributed by atoms with E-state index < -0.39 is 11.5 Å². The Bertz CT molecular complexity index is 168. The van der Waals surface area contributed by atoms with Crippen molar-refractivity contribution in [1.29, 1.82) is 0 Å². The zero-order valence-electron chi connectivity index (χ0n) is 7.76. The van der Waals surface area contributed by atoms with E-state index in [1.54, 1.807) is 20.0 Å². The number of rotatable bonds is 6. The van der Waals surface area contributed by atoms with Gasteiger partial charge in [-0.05, 0) is 33.2 Å². The number of aliphatic carboxylic acids is 1. The molecule has 0 amide bonds. The molecule has 0 rings (SSSR count). The van der Waals surface area contributed by atoms with Crippen molar-refractivity contribution in [2.24, 2.45) is 0 Å². The van der Waals surface area contributed by atoms with Gasteiger partial charge in [0.1, 0.15) is 5.54 Å². The van der Waals surface area contributed by atoms with E-state index in [0.29, 0.717) is 6.42 Å². The lowest BCUT2D eigenvalue weighted by molar-refractivity contribution is -0.144. The van der Waals surface area contributed by atoms with Crippen LogP contribution in [0.15, 0.2) is 12.7 Å². The van der Waals surface area contributed by atoms with E-state index >= 15 is 0 Å². The van der Waals surface area contributed by atoms with Crippen LogP contribution in [0.25, 0.3) is 0 Å². The summed E-state index contributed by atoms with van der Waals surface area (Å²) in [5, 5.41) is 11.6. The van der Waals surface area contributed by atoms with Gasteiger partial charge in [-0.1, -0.05) is 6.08 Å². The first-order valence-electron chi connectivity index (χ1n) is 4.10. The van der Waals surface area contributed by atoms with Crippen molar-refractivity contribution in [3.05, 3.63) is 12.7 Å². The average molecular weight is 171 g/mol. The van der Waals surface area contributed by atoms with Crippen LogP contribution >= 0.6 is 0 Å². The van der Waals surface area contributed by atoms with E-state index in [-0.39, 0.29) is 0 Å². The van der Waals surface area contributed by atoms with Gasteiger partial charge in [-0.15, -0.1) is 6.58 Å². The van der Waals surface area contributed by atoms with Gasteiger partial charge in [-0.3, -0.25) is 4.79 Å². The molecular weight excluding hydrogens is 154 g/mol. The first kappa shape index (κ1) is 11.2. The lowest BCUT2D eigenvalue weighted by Gasteiger charge is -2.23. The average Bonchev–Trinajstić information content (AvgIpc) is 2.04. The number of likely N-dealkylation sites (N-methyl/N-ethyl adjacent to an activating group) is 1. The fraction of sp³-hybridized carbons (Fsp3) is 0.667. The minimum atomic E-state index is -0.797. The van der Waals surface area contributed by atoms with Crippen molar-refractivity contribution in [3.8, 4) is 0 Å². The lowest BCUT2D eigenvalue weighted by atomic mass is 9.95. The van der Waals surface area contributed by atoms with E-state index in [0.717, 1.165) is 12.8 Å². The van der Waals surface area contributed by atoms with Crippen LogP contribution < -0.4 is 5.32 Å². The van der Waals surface area contributed by atoms with Crippen LogP contribution in [0.2, 0.25) is 0 Å². The number of carboxylic acids is 1. The summed E-state index contributed by atoms with van der Waals surface area (Å²) in [4.78, 5) is 10.8. The molecule has 0 aliphatic carbocycles. The van der Waals surface area contributed by atoms with Crippen molar-refractivity contribution in [2.75, 3.05) is 7.05 Å². The molecule has 1 atom stereocenters. The summed E-state index contributed by atoms with van der Waals surface area (Å²) in [5.74, 6) is -0.797. The number of allylic oxidation sites excluding steroid dienone is 1. The number of hydrogen-bond acceptors (Lipinski definition) is 2. The Hall–Kier alpha value is -0.830. The monoisotopic (exact) mass is 171 g/mol. The molecular formula is C9H17NO2. The molecule has 0 saturated heterocycles. The normalized spacial score (nSPS) is 15.2. The molecule has 70 valence electrons. The number of carbonyl (C=O) groups is 1. The molecule has 0 saturated carbocycles. The van der Waals surface area contributed by atoms with Crippen LogP contribution in [0.4, 0.5) is 0 Å². The van der Waals surface area contributed by atoms with Crippen LogP contribution in [-0.2, 0) is 4.79 Å². The van der Waals surface area contributed by atoms with Crippen molar-refractivity contribution in [1.82, 2.24) is 5.32 Å². The van der Waals surface area contributed by atoms with Crippen LogP contribution in [-0.4, -0.2) is 23.7 Å². The molecule has 2 N–H and O–H groups in total. The summed E-state index contributed by atoms with van der Waals surface area (Å²) in [6, 6.07) is 0. The minimum absolute atomic E-state index is 0.630. The molecule has 0 heterocycles. The molecule has 0 spiro atoms. The molecule has 3 heteroatoms. The van der Waals surface area contributed by atoms with Gasteiger partial charge in [0.05, 0.1) is 0 Å². The molecule has 0 bridgehead atoms. The molecule has 3 nitrogen and oxygen atoms in total. The van der Waals surface area contributed by atoms with Gasteiger partial charge in [-0.25, -0.2) is 0 Å². The molecule has 0 radical (unpaired) electrons. The summed E-state index contributed by atoms with van der Waals surface area (Å²) >= 11 is 0. The van der Waals surface area contributed by atoms with Crippen molar-refractivity contribution in [2.45, 2.75) is 31.7 Å². The standard InChI is InChI=1S/C9H17NO2/c1-4-5-6-7-9(2,10-3)8(11)12/h4,10H,1,5-7H2,2-3H3,(H,11,12)/t9-/m0/s1. The van der Waals surface area contributed by atoms with Gasteiger partial charge < -0.3 is 10.4 Å². The summed E-state index contributed by atoms with van der Waals surface area (Å²) in [6.45, 7) is 5.28. The van der Waals surface area contributed by atoms with Crippen molar-refractivity contribution in [3.63, 3.8) is 0 Å². The largest absolute Gasteiger partial charge is 0.480 e. The van der Waals surface area contributed by atoms with Gasteiger partial charge in [0.2, 0.25) is 0 Å². The number of hydrogen-bond donors (Lipinski definition) is 2. The van der Waals surface area contributed by atoms with E-state index in [1.165, 1.54) is 0 Å². The van der Waals surface area contributed by atoms with E-state index in [1.807, 2.05) is 0 Å². The topological polar surface area (TPSA) is 49.3 Å². The van der Waals surface area contributed by atoms with Crippen molar-refractivity contribution < 1.29 is 9.90 Å². The summed E-state index contributed by atoms with van der Waals surface area (Å²) < 4.78 is 0. The van der Waals surface area contributed by atoms with Crippen LogP contribution in [0.1, 0.15) is 26.2 Å².